The summed E-state index contributed by atoms with van der Waals surface area (Å²) < 4.78 is 0. The molecule has 0 spiro atoms. The fourth-order valence-electron chi connectivity index (χ4n) is 2.94. The zero-order chi connectivity index (χ0) is 18.8. The maximum atomic E-state index is 12.3. The van der Waals surface area contributed by atoms with Crippen LogP contribution in [0.3, 0.4) is 0 Å². The first-order chi connectivity index (χ1) is 12.6. The van der Waals surface area contributed by atoms with E-state index in [2.05, 4.69) is 42.3 Å². The summed E-state index contributed by atoms with van der Waals surface area (Å²) in [5, 5.41) is 2.95. The van der Waals surface area contributed by atoms with Crippen LogP contribution in [-0.2, 0) is 17.9 Å². The molecule has 156 valence electrons. The Morgan fingerprint density at radius 1 is 1.04 bits per heavy atom. The van der Waals surface area contributed by atoms with Gasteiger partial charge in [0.2, 0.25) is 5.91 Å². The highest BCUT2D eigenvalue weighted by Gasteiger charge is 2.14. The van der Waals surface area contributed by atoms with Crippen LogP contribution in [0.1, 0.15) is 49.4 Å². The smallest absolute Gasteiger partial charge is 0.241 e. The van der Waals surface area contributed by atoms with Crippen LogP contribution >= 0.6 is 24.8 Å². The molecule has 28 heavy (non-hydrogen) atoms. The predicted octanol–water partition coefficient (Wildman–Crippen LogP) is 4.47. The Morgan fingerprint density at radius 3 is 2.36 bits per heavy atom. The van der Waals surface area contributed by atoms with E-state index in [9.17, 15) is 4.79 Å². The van der Waals surface area contributed by atoms with Crippen LogP contribution in [0.2, 0.25) is 0 Å². The highest BCUT2D eigenvalue weighted by Crippen LogP contribution is 2.12. The average Bonchev–Trinajstić information content (AvgIpc) is 2.69. The maximum absolute atomic E-state index is 12.3. The van der Waals surface area contributed by atoms with Gasteiger partial charge in [-0.3, -0.25) is 9.69 Å². The van der Waals surface area contributed by atoms with Crippen molar-refractivity contribution in [2.24, 2.45) is 5.73 Å². The number of nitrogens with zero attached hydrogens (tertiary/aromatic N) is 1. The van der Waals surface area contributed by atoms with Gasteiger partial charge in [-0.05, 0) is 36.2 Å². The molecule has 2 aromatic carbocycles. The lowest BCUT2D eigenvalue weighted by Gasteiger charge is -2.20. The molecule has 2 rings (SSSR count). The van der Waals surface area contributed by atoms with E-state index in [-0.39, 0.29) is 30.7 Å². The summed E-state index contributed by atoms with van der Waals surface area (Å²) in [7, 11) is 0. The number of benzene rings is 2. The number of unbranched alkanes of at least 4 members (excludes halogenated alkanes) is 1. The summed E-state index contributed by atoms with van der Waals surface area (Å²) in [6, 6.07) is 17.2. The molecule has 0 aliphatic carbocycles. The number of hydrogen-bond donors (Lipinski definition) is 2. The van der Waals surface area contributed by atoms with Crippen molar-refractivity contribution in [2.45, 2.75) is 45.8 Å². The molecule has 6 heteroatoms. The molecule has 0 saturated carbocycles. The third-order valence-electron chi connectivity index (χ3n) is 4.58. The summed E-state index contributed by atoms with van der Waals surface area (Å²) >= 11 is 0. The number of rotatable bonds is 10. The molecule has 0 aliphatic heterocycles. The lowest BCUT2D eigenvalue weighted by Crippen LogP contribution is -2.33. The number of amides is 1. The maximum Gasteiger partial charge on any atom is 0.241 e. The van der Waals surface area contributed by atoms with E-state index in [1.54, 1.807) is 0 Å². The molecule has 0 heterocycles. The molecule has 4 nitrogen and oxygen atoms in total. The summed E-state index contributed by atoms with van der Waals surface area (Å²) in [4.78, 5) is 14.8. The largest absolute Gasteiger partial charge is 0.350 e. The van der Waals surface area contributed by atoms with Gasteiger partial charge in [-0.1, -0.05) is 74.9 Å². The number of nitrogens with two attached hydrogens (primary N) is 1. The molecule has 0 saturated heterocycles. The quantitative estimate of drug-likeness (QED) is 0.590. The van der Waals surface area contributed by atoms with Crippen molar-refractivity contribution < 1.29 is 4.79 Å². The summed E-state index contributed by atoms with van der Waals surface area (Å²) in [6.45, 7) is 8.03. The zero-order valence-corrected chi connectivity index (χ0v) is 18.4. The number of nitrogens with one attached hydrogen (secondary N) is 1. The third-order valence-corrected chi connectivity index (χ3v) is 4.58. The van der Waals surface area contributed by atoms with Crippen LogP contribution in [0.15, 0.2) is 54.6 Å². The molecule has 0 fully saturated rings. The second-order valence-corrected chi connectivity index (χ2v) is 6.65. The molecule has 1 unspecified atom stereocenters. The minimum absolute atomic E-state index is 0. The van der Waals surface area contributed by atoms with Crippen molar-refractivity contribution in [2.75, 3.05) is 13.1 Å². The molecule has 1 amide bonds. The molecule has 0 bridgehead atoms. The second-order valence-electron chi connectivity index (χ2n) is 6.65. The molecule has 2 aromatic rings. The Balaban J connectivity index is 0.00000364. The highest BCUT2D eigenvalue weighted by atomic mass is 35.5. The van der Waals surface area contributed by atoms with Gasteiger partial charge in [0.1, 0.15) is 6.04 Å². The van der Waals surface area contributed by atoms with Gasteiger partial charge in [0.15, 0.2) is 0 Å². The average molecular weight is 426 g/mol. The van der Waals surface area contributed by atoms with Gasteiger partial charge in [0.25, 0.3) is 0 Å². The van der Waals surface area contributed by atoms with Crippen molar-refractivity contribution >= 4 is 30.7 Å². The van der Waals surface area contributed by atoms with Crippen LogP contribution in [0.4, 0.5) is 0 Å². The standard InChI is InChI=1S/C22H31N3O.2ClH/c1-3-5-14-25(4-2)17-19-11-9-10-18(15-19)16-24-22(26)21(23)20-12-7-6-8-13-20;;/h6-13,15,21H,3-5,14,16-17,23H2,1-2H3,(H,24,26);2*1H. The van der Waals surface area contributed by atoms with E-state index < -0.39 is 6.04 Å². The van der Waals surface area contributed by atoms with E-state index in [0.29, 0.717) is 6.54 Å². The molecular weight excluding hydrogens is 393 g/mol. The number of hydrogen-bond acceptors (Lipinski definition) is 3. The van der Waals surface area contributed by atoms with Gasteiger partial charge >= 0.3 is 0 Å². The zero-order valence-electron chi connectivity index (χ0n) is 16.8. The van der Waals surface area contributed by atoms with Gasteiger partial charge in [-0.2, -0.15) is 0 Å². The van der Waals surface area contributed by atoms with Crippen molar-refractivity contribution in [3.05, 3.63) is 71.3 Å². The molecule has 0 aromatic heterocycles. The van der Waals surface area contributed by atoms with Gasteiger partial charge in [0.05, 0.1) is 0 Å². The van der Waals surface area contributed by atoms with Gasteiger partial charge < -0.3 is 11.1 Å². The molecular formula is C22H33Cl2N3O. The van der Waals surface area contributed by atoms with Crippen LogP contribution < -0.4 is 11.1 Å². The first kappa shape index (κ1) is 26.4. The van der Waals surface area contributed by atoms with Gasteiger partial charge in [-0.15, -0.1) is 24.8 Å². The third kappa shape index (κ3) is 8.61. The minimum atomic E-state index is -0.635. The van der Waals surface area contributed by atoms with Crippen molar-refractivity contribution in [3.8, 4) is 0 Å². The highest BCUT2D eigenvalue weighted by molar-refractivity contribution is 5.85. The van der Waals surface area contributed by atoms with E-state index >= 15 is 0 Å². The lowest BCUT2D eigenvalue weighted by atomic mass is 10.1. The van der Waals surface area contributed by atoms with E-state index in [1.165, 1.54) is 18.4 Å². The Hall–Kier alpha value is -1.59. The number of carbonyl (C=O) groups is 1. The SMILES string of the molecule is CCCCN(CC)Cc1cccc(CNC(=O)C(N)c2ccccc2)c1.Cl.Cl. The van der Waals surface area contributed by atoms with Crippen LogP contribution in [0.5, 0.6) is 0 Å². The summed E-state index contributed by atoms with van der Waals surface area (Å²) in [6.07, 6.45) is 2.44. The van der Waals surface area contributed by atoms with E-state index in [4.69, 9.17) is 5.73 Å². The second kappa shape index (κ2) is 14.4. The fraction of sp³-hybridized carbons (Fsp3) is 0.409. The van der Waals surface area contributed by atoms with E-state index in [0.717, 1.165) is 30.8 Å². The molecule has 1 atom stereocenters. The van der Waals surface area contributed by atoms with E-state index in [1.807, 2.05) is 36.4 Å². The van der Waals surface area contributed by atoms with Gasteiger partial charge in [-0.25, -0.2) is 0 Å². The van der Waals surface area contributed by atoms with Crippen LogP contribution in [0.25, 0.3) is 0 Å². The minimum Gasteiger partial charge on any atom is -0.350 e. The topological polar surface area (TPSA) is 58.4 Å². The Morgan fingerprint density at radius 2 is 1.71 bits per heavy atom. The number of halogens is 2. The van der Waals surface area contributed by atoms with Crippen molar-refractivity contribution in [3.63, 3.8) is 0 Å². The lowest BCUT2D eigenvalue weighted by molar-refractivity contribution is -0.122. The Labute approximate surface area is 181 Å². The van der Waals surface area contributed by atoms with Crippen LogP contribution in [-0.4, -0.2) is 23.9 Å². The normalized spacial score (nSPS) is 11.3. The van der Waals surface area contributed by atoms with Crippen molar-refractivity contribution in [1.29, 1.82) is 0 Å². The van der Waals surface area contributed by atoms with Crippen LogP contribution in [0, 0.1) is 0 Å². The molecule has 3 N–H and O–H groups in total. The molecule has 0 radical (unpaired) electrons. The number of carbonyl (C=O) groups excluding carboxylic acids is 1. The first-order valence-corrected chi connectivity index (χ1v) is 9.52. The fourth-order valence-corrected chi connectivity index (χ4v) is 2.94. The predicted molar refractivity (Wildman–Crippen MR) is 122 cm³/mol. The Kier molecular flexibility index (Phi) is 13.6. The monoisotopic (exact) mass is 425 g/mol. The molecule has 0 aliphatic rings. The Bertz CT molecular complexity index is 682. The first-order valence-electron chi connectivity index (χ1n) is 9.52. The van der Waals surface area contributed by atoms with Crippen molar-refractivity contribution in [1.82, 2.24) is 10.2 Å². The summed E-state index contributed by atoms with van der Waals surface area (Å²) in [5.41, 5.74) is 9.25. The van der Waals surface area contributed by atoms with Gasteiger partial charge in [0, 0.05) is 13.1 Å². The summed E-state index contributed by atoms with van der Waals surface area (Å²) in [5.74, 6) is -0.153.